The van der Waals surface area contributed by atoms with Crippen LogP contribution in [-0.2, 0) is 0 Å². The summed E-state index contributed by atoms with van der Waals surface area (Å²) in [7, 11) is 0. The number of hydrogen-bond acceptors (Lipinski definition) is 0. The first-order valence-corrected chi connectivity index (χ1v) is 3.71. The molecule has 0 unspecified atom stereocenters. The molecule has 0 aromatic heterocycles. The standard InChI is InChI=1S/C8H17.HI.Mg/c1-3-5-7-8-6-4-2;;/h1,3-8H2,2H3;1H;/q-1;;+2/p-1. The Labute approximate surface area is 98.7 Å². The largest absolute Gasteiger partial charge is 2.00 e. The Bertz CT molecular complexity index is 34.2. The number of unbranched alkanes of at least 4 members (excludes halogenated alkanes) is 5. The fourth-order valence-corrected chi connectivity index (χ4v) is 0.780. The van der Waals surface area contributed by atoms with Crippen LogP contribution in [0.25, 0.3) is 0 Å². The Morgan fingerprint density at radius 3 is 1.90 bits per heavy atom. The van der Waals surface area contributed by atoms with Gasteiger partial charge >= 0.3 is 23.1 Å². The van der Waals surface area contributed by atoms with Crippen molar-refractivity contribution in [2.75, 3.05) is 0 Å². The molecular weight excluding hydrogens is 247 g/mol. The van der Waals surface area contributed by atoms with E-state index in [2.05, 4.69) is 13.8 Å². The third-order valence-corrected chi connectivity index (χ3v) is 1.35. The number of hydrogen-bond donors (Lipinski definition) is 0. The molecule has 10 heavy (non-hydrogen) atoms. The van der Waals surface area contributed by atoms with Gasteiger partial charge in [-0.1, -0.05) is 39.0 Å². The smallest absolute Gasteiger partial charge is 1.00 e. The van der Waals surface area contributed by atoms with Crippen LogP contribution in [0.1, 0.15) is 45.4 Å². The summed E-state index contributed by atoms with van der Waals surface area (Å²) in [6.07, 6.45) is 7.98. The van der Waals surface area contributed by atoms with Crippen LogP contribution >= 0.6 is 0 Å². The predicted molar refractivity (Wildman–Crippen MR) is 44.5 cm³/mol. The molecule has 0 aliphatic heterocycles. The fourth-order valence-electron chi connectivity index (χ4n) is 0.780. The third kappa shape index (κ3) is 16.2. The average molecular weight is 264 g/mol. The minimum Gasteiger partial charge on any atom is -1.00 e. The first-order chi connectivity index (χ1) is 3.91. The van der Waals surface area contributed by atoms with Gasteiger partial charge in [0.25, 0.3) is 0 Å². The Morgan fingerprint density at radius 2 is 1.50 bits per heavy atom. The molecule has 0 aliphatic carbocycles. The maximum absolute atomic E-state index is 3.78. The zero-order valence-corrected chi connectivity index (χ0v) is 10.6. The van der Waals surface area contributed by atoms with Crippen LogP contribution in [0.2, 0.25) is 0 Å². The molecule has 0 atom stereocenters. The molecule has 0 nitrogen and oxygen atoms in total. The molecular formula is C8H17IMg. The van der Waals surface area contributed by atoms with Crippen LogP contribution in [0, 0.1) is 6.92 Å². The molecule has 0 amide bonds. The quantitative estimate of drug-likeness (QED) is 0.279. The van der Waals surface area contributed by atoms with E-state index in [-0.39, 0.29) is 47.0 Å². The second kappa shape index (κ2) is 16.8. The van der Waals surface area contributed by atoms with E-state index >= 15 is 0 Å². The van der Waals surface area contributed by atoms with Gasteiger partial charge in [-0.25, -0.2) is 0 Å². The molecule has 0 rings (SSSR count). The van der Waals surface area contributed by atoms with Gasteiger partial charge in [0.15, 0.2) is 0 Å². The molecule has 0 bridgehead atoms. The van der Waals surface area contributed by atoms with Crippen LogP contribution in [0.4, 0.5) is 0 Å². The van der Waals surface area contributed by atoms with E-state index in [0.717, 1.165) is 6.42 Å². The summed E-state index contributed by atoms with van der Waals surface area (Å²) in [6, 6.07) is 0. The van der Waals surface area contributed by atoms with Crippen LogP contribution < -0.4 is 24.0 Å². The van der Waals surface area contributed by atoms with Crippen molar-refractivity contribution < 1.29 is 24.0 Å². The van der Waals surface area contributed by atoms with Crippen molar-refractivity contribution >= 4 is 23.1 Å². The van der Waals surface area contributed by atoms with Gasteiger partial charge in [0.1, 0.15) is 0 Å². The van der Waals surface area contributed by atoms with Crippen molar-refractivity contribution in [3.05, 3.63) is 6.92 Å². The zero-order valence-electron chi connectivity index (χ0n) is 7.03. The third-order valence-electron chi connectivity index (χ3n) is 1.35. The van der Waals surface area contributed by atoms with Crippen molar-refractivity contribution in [1.82, 2.24) is 0 Å². The van der Waals surface area contributed by atoms with E-state index in [1.54, 1.807) is 0 Å². The first kappa shape index (κ1) is 17.5. The summed E-state index contributed by atoms with van der Waals surface area (Å²) in [5, 5.41) is 0. The number of rotatable bonds is 5. The second-order valence-corrected chi connectivity index (χ2v) is 2.27. The molecule has 0 saturated carbocycles. The molecule has 0 saturated heterocycles. The van der Waals surface area contributed by atoms with Gasteiger partial charge in [-0.3, -0.25) is 0 Å². The van der Waals surface area contributed by atoms with Crippen molar-refractivity contribution in [3.63, 3.8) is 0 Å². The molecule has 0 radical (unpaired) electrons. The zero-order chi connectivity index (χ0) is 6.24. The minimum absolute atomic E-state index is 0. The summed E-state index contributed by atoms with van der Waals surface area (Å²) in [6.45, 7) is 6.02. The van der Waals surface area contributed by atoms with Crippen LogP contribution in [-0.4, -0.2) is 23.1 Å². The molecule has 0 aliphatic rings. The Kier molecular flexibility index (Phi) is 29.6. The van der Waals surface area contributed by atoms with E-state index in [9.17, 15) is 0 Å². The van der Waals surface area contributed by atoms with Gasteiger partial charge in [-0.2, -0.15) is 6.42 Å². The Hall–Kier alpha value is 1.50. The monoisotopic (exact) mass is 264 g/mol. The summed E-state index contributed by atoms with van der Waals surface area (Å²) in [4.78, 5) is 0. The van der Waals surface area contributed by atoms with Gasteiger partial charge in [-0.05, 0) is 0 Å². The SMILES string of the molecule is [CH2-]CCCCCCC.[I-].[Mg+2]. The summed E-state index contributed by atoms with van der Waals surface area (Å²) < 4.78 is 0. The molecule has 0 heterocycles. The minimum atomic E-state index is 0. The van der Waals surface area contributed by atoms with E-state index in [4.69, 9.17) is 0 Å². The van der Waals surface area contributed by atoms with E-state index in [0.29, 0.717) is 0 Å². The van der Waals surface area contributed by atoms with Gasteiger partial charge in [0.05, 0.1) is 0 Å². The van der Waals surface area contributed by atoms with E-state index < -0.39 is 0 Å². The van der Waals surface area contributed by atoms with Gasteiger partial charge in [-0.15, -0.1) is 0 Å². The summed E-state index contributed by atoms with van der Waals surface area (Å²) in [5.41, 5.74) is 0. The van der Waals surface area contributed by atoms with Gasteiger partial charge in [0, 0.05) is 0 Å². The van der Waals surface area contributed by atoms with Crippen molar-refractivity contribution in [1.29, 1.82) is 0 Å². The summed E-state index contributed by atoms with van der Waals surface area (Å²) >= 11 is 0. The Balaban J connectivity index is -0.000000245. The topological polar surface area (TPSA) is 0 Å². The van der Waals surface area contributed by atoms with Crippen molar-refractivity contribution in [2.24, 2.45) is 0 Å². The van der Waals surface area contributed by atoms with Gasteiger partial charge in [0.2, 0.25) is 0 Å². The van der Waals surface area contributed by atoms with Gasteiger partial charge < -0.3 is 30.9 Å². The van der Waals surface area contributed by atoms with Crippen LogP contribution in [0.3, 0.4) is 0 Å². The molecule has 58 valence electrons. The second-order valence-electron chi connectivity index (χ2n) is 2.27. The summed E-state index contributed by atoms with van der Waals surface area (Å²) in [5.74, 6) is 0. The van der Waals surface area contributed by atoms with Crippen LogP contribution in [0.5, 0.6) is 0 Å². The molecule has 0 spiro atoms. The Morgan fingerprint density at radius 1 is 1.00 bits per heavy atom. The maximum Gasteiger partial charge on any atom is 2.00 e. The van der Waals surface area contributed by atoms with Crippen molar-refractivity contribution in [2.45, 2.75) is 45.4 Å². The molecule has 0 aromatic rings. The molecule has 2 heteroatoms. The normalized spacial score (nSPS) is 7.80. The average Bonchev–Trinajstić information content (AvgIpc) is 1.81. The van der Waals surface area contributed by atoms with Crippen LogP contribution in [0.15, 0.2) is 0 Å². The molecule has 0 fully saturated rings. The maximum atomic E-state index is 3.78. The predicted octanol–water partition coefficient (Wildman–Crippen LogP) is -0.196. The fraction of sp³-hybridized carbons (Fsp3) is 0.875. The molecule has 0 N–H and O–H groups in total. The van der Waals surface area contributed by atoms with Crippen molar-refractivity contribution in [3.8, 4) is 0 Å². The number of halogens is 1. The first-order valence-electron chi connectivity index (χ1n) is 3.71. The van der Waals surface area contributed by atoms with E-state index in [1.165, 1.54) is 32.1 Å². The van der Waals surface area contributed by atoms with E-state index in [1.807, 2.05) is 0 Å². The molecule has 0 aromatic carbocycles.